The van der Waals surface area contributed by atoms with Gasteiger partial charge in [-0.1, -0.05) is 6.92 Å². The van der Waals surface area contributed by atoms with Gasteiger partial charge in [-0.05, 0) is 25.7 Å². The van der Waals surface area contributed by atoms with Crippen molar-refractivity contribution in [3.8, 4) is 0 Å². The van der Waals surface area contributed by atoms with Crippen LogP contribution in [0.3, 0.4) is 0 Å². The fourth-order valence-corrected chi connectivity index (χ4v) is 3.30. The van der Waals surface area contributed by atoms with Crippen molar-refractivity contribution in [2.75, 3.05) is 20.1 Å². The molecule has 7 nitrogen and oxygen atoms in total. The van der Waals surface area contributed by atoms with Crippen molar-refractivity contribution in [1.82, 2.24) is 15.1 Å². The van der Waals surface area contributed by atoms with Gasteiger partial charge in [0.25, 0.3) is 0 Å². The molecule has 2 atom stereocenters. The highest BCUT2D eigenvalue weighted by atomic mass is 16.2. The first-order valence-corrected chi connectivity index (χ1v) is 8.62. The van der Waals surface area contributed by atoms with Crippen molar-refractivity contribution < 1.29 is 19.2 Å². The Morgan fingerprint density at radius 3 is 1.79 bits per heavy atom. The van der Waals surface area contributed by atoms with Gasteiger partial charge >= 0.3 is 0 Å². The highest BCUT2D eigenvalue weighted by Gasteiger charge is 2.31. The van der Waals surface area contributed by atoms with Crippen LogP contribution >= 0.6 is 0 Å². The van der Waals surface area contributed by atoms with Crippen LogP contribution in [0.4, 0.5) is 0 Å². The Bertz CT molecular complexity index is 448. The third-order valence-electron chi connectivity index (χ3n) is 4.58. The lowest BCUT2D eigenvalue weighted by molar-refractivity contribution is -0.136. The smallest absolute Gasteiger partial charge is 0.242 e. The second kappa shape index (κ2) is 9.39. The Kier molecular flexibility index (Phi) is 7.88. The number of rotatable bonds is 3. The predicted octanol–water partition coefficient (Wildman–Crippen LogP) is 0.720. The lowest BCUT2D eigenvalue weighted by Gasteiger charge is -2.21. The molecule has 24 heavy (non-hydrogen) atoms. The zero-order chi connectivity index (χ0) is 18.3. The molecule has 0 aromatic carbocycles. The van der Waals surface area contributed by atoms with Gasteiger partial charge in [-0.15, -0.1) is 0 Å². The highest BCUT2D eigenvalue weighted by molar-refractivity contribution is 5.88. The van der Waals surface area contributed by atoms with E-state index in [2.05, 4.69) is 5.32 Å². The largest absolute Gasteiger partial charge is 0.357 e. The van der Waals surface area contributed by atoms with Crippen LogP contribution in [-0.4, -0.2) is 65.5 Å². The number of nitrogens with zero attached hydrogens (tertiary/aromatic N) is 2. The summed E-state index contributed by atoms with van der Waals surface area (Å²) in [5.74, 6) is 0.158. The molecule has 1 N–H and O–H groups in total. The number of carbonyl (C=O) groups is 4. The second-order valence-corrected chi connectivity index (χ2v) is 6.17. The number of likely N-dealkylation sites (N-methyl/N-ethyl adjacent to an activating group) is 1. The molecule has 2 fully saturated rings. The molecular formula is C17H29N3O4. The molecule has 3 amide bonds. The molecule has 0 spiro atoms. The first-order chi connectivity index (χ1) is 11.3. The van der Waals surface area contributed by atoms with Crippen molar-refractivity contribution in [2.45, 2.75) is 65.0 Å². The standard InChI is InChI=1S/C9H15NO2.C8H14N2O2/c1-3-9(12)8-5-4-6-10(8)7(2)11;1-6(11)10-5-3-4-7(10)8(12)9-2/h8H,3-6H2,1-2H3;7H,3-5H2,1-2H3,(H,9,12). The molecule has 0 aromatic rings. The van der Waals surface area contributed by atoms with E-state index in [1.165, 1.54) is 13.8 Å². The van der Waals surface area contributed by atoms with E-state index < -0.39 is 0 Å². The molecule has 7 heteroatoms. The number of hydrogen-bond donors (Lipinski definition) is 1. The van der Waals surface area contributed by atoms with Gasteiger partial charge in [0.15, 0.2) is 5.78 Å². The van der Waals surface area contributed by atoms with E-state index in [-0.39, 0.29) is 35.6 Å². The summed E-state index contributed by atoms with van der Waals surface area (Å²) in [7, 11) is 1.60. The van der Waals surface area contributed by atoms with Gasteiger partial charge in [0.05, 0.1) is 6.04 Å². The molecule has 0 saturated carbocycles. The Morgan fingerprint density at radius 1 is 0.917 bits per heavy atom. The zero-order valence-electron chi connectivity index (χ0n) is 15.1. The number of Topliss-reactive ketones (excluding diaryl/α,β-unsaturated/α-hetero) is 1. The lowest BCUT2D eigenvalue weighted by Crippen LogP contribution is -2.43. The van der Waals surface area contributed by atoms with Gasteiger partial charge < -0.3 is 15.1 Å². The summed E-state index contributed by atoms with van der Waals surface area (Å²) in [5.41, 5.74) is 0. The van der Waals surface area contributed by atoms with E-state index in [1.807, 2.05) is 6.92 Å². The van der Waals surface area contributed by atoms with Gasteiger partial charge in [-0.3, -0.25) is 19.2 Å². The summed E-state index contributed by atoms with van der Waals surface area (Å²) in [4.78, 5) is 47.9. The predicted molar refractivity (Wildman–Crippen MR) is 90.2 cm³/mol. The van der Waals surface area contributed by atoms with Crippen LogP contribution in [0, 0.1) is 0 Å². The Hall–Kier alpha value is -1.92. The maximum absolute atomic E-state index is 11.3. The monoisotopic (exact) mass is 339 g/mol. The van der Waals surface area contributed by atoms with E-state index in [0.717, 1.165) is 32.2 Å². The van der Waals surface area contributed by atoms with Crippen molar-refractivity contribution in [3.63, 3.8) is 0 Å². The fraction of sp³-hybridized carbons (Fsp3) is 0.765. The minimum Gasteiger partial charge on any atom is -0.357 e. The third kappa shape index (κ3) is 5.04. The summed E-state index contributed by atoms with van der Waals surface area (Å²) < 4.78 is 0. The van der Waals surface area contributed by atoms with Crippen LogP contribution in [0.5, 0.6) is 0 Å². The first-order valence-electron chi connectivity index (χ1n) is 8.62. The van der Waals surface area contributed by atoms with Crippen molar-refractivity contribution in [3.05, 3.63) is 0 Å². The van der Waals surface area contributed by atoms with E-state index in [9.17, 15) is 19.2 Å². The van der Waals surface area contributed by atoms with Crippen molar-refractivity contribution >= 4 is 23.5 Å². The van der Waals surface area contributed by atoms with Crippen molar-refractivity contribution in [2.24, 2.45) is 0 Å². The summed E-state index contributed by atoms with van der Waals surface area (Å²) in [6, 6.07) is -0.347. The molecule has 2 aliphatic rings. The Morgan fingerprint density at radius 2 is 1.38 bits per heavy atom. The van der Waals surface area contributed by atoms with E-state index >= 15 is 0 Å². The molecule has 136 valence electrons. The zero-order valence-corrected chi connectivity index (χ0v) is 15.1. The molecule has 2 heterocycles. The Labute approximate surface area is 143 Å². The molecule has 2 saturated heterocycles. The summed E-state index contributed by atoms with van der Waals surface area (Å²) in [6.07, 6.45) is 4.08. The van der Waals surface area contributed by atoms with Gasteiger partial charge in [0.2, 0.25) is 17.7 Å². The minimum atomic E-state index is -0.229. The first kappa shape index (κ1) is 20.1. The van der Waals surface area contributed by atoms with Gasteiger partial charge in [-0.25, -0.2) is 0 Å². The second-order valence-electron chi connectivity index (χ2n) is 6.17. The number of hydrogen-bond acceptors (Lipinski definition) is 4. The van der Waals surface area contributed by atoms with Gasteiger partial charge in [0.1, 0.15) is 6.04 Å². The van der Waals surface area contributed by atoms with E-state index in [1.54, 1.807) is 16.8 Å². The number of carbonyl (C=O) groups excluding carboxylic acids is 4. The summed E-state index contributed by atoms with van der Waals surface area (Å²) >= 11 is 0. The molecule has 2 unspecified atom stereocenters. The highest BCUT2D eigenvalue weighted by Crippen LogP contribution is 2.19. The van der Waals surface area contributed by atoms with Crippen LogP contribution in [0.2, 0.25) is 0 Å². The number of nitrogens with one attached hydrogen (secondary N) is 1. The number of ketones is 1. The maximum Gasteiger partial charge on any atom is 0.242 e. The van der Waals surface area contributed by atoms with E-state index in [4.69, 9.17) is 0 Å². The van der Waals surface area contributed by atoms with Crippen LogP contribution < -0.4 is 5.32 Å². The number of likely N-dealkylation sites (tertiary alicyclic amines) is 2. The van der Waals surface area contributed by atoms with Crippen LogP contribution in [0.25, 0.3) is 0 Å². The Balaban J connectivity index is 0.000000240. The maximum atomic E-state index is 11.3. The average Bonchev–Trinajstić information content (AvgIpc) is 3.22. The van der Waals surface area contributed by atoms with Crippen LogP contribution in [0.1, 0.15) is 52.9 Å². The van der Waals surface area contributed by atoms with Crippen LogP contribution in [-0.2, 0) is 19.2 Å². The van der Waals surface area contributed by atoms with E-state index in [0.29, 0.717) is 13.0 Å². The lowest BCUT2D eigenvalue weighted by atomic mass is 10.1. The molecule has 2 rings (SSSR count). The SMILES string of the molecule is CCC(=O)C1CCCN1C(C)=O.CNC(=O)C1CCCN1C(C)=O. The molecule has 0 bridgehead atoms. The molecule has 2 aliphatic heterocycles. The molecule has 0 aliphatic carbocycles. The summed E-state index contributed by atoms with van der Waals surface area (Å²) in [6.45, 7) is 6.35. The number of amides is 3. The fourth-order valence-electron chi connectivity index (χ4n) is 3.30. The molecule has 0 radical (unpaired) electrons. The molecular weight excluding hydrogens is 310 g/mol. The summed E-state index contributed by atoms with van der Waals surface area (Å²) in [5, 5.41) is 2.56. The third-order valence-corrected chi connectivity index (χ3v) is 4.58. The minimum absolute atomic E-state index is 0.0129. The molecule has 0 aromatic heterocycles. The topological polar surface area (TPSA) is 86.8 Å². The van der Waals surface area contributed by atoms with Gasteiger partial charge in [-0.2, -0.15) is 0 Å². The van der Waals surface area contributed by atoms with Crippen LogP contribution in [0.15, 0.2) is 0 Å². The van der Waals surface area contributed by atoms with Crippen molar-refractivity contribution in [1.29, 1.82) is 0 Å². The van der Waals surface area contributed by atoms with Gasteiger partial charge in [0, 0.05) is 40.4 Å². The quantitative estimate of drug-likeness (QED) is 0.821. The normalized spacial score (nSPS) is 22.7. The average molecular weight is 339 g/mol.